The molecule has 0 amide bonds. The second-order valence-corrected chi connectivity index (χ2v) is 11.4. The van der Waals surface area contributed by atoms with Gasteiger partial charge in [0.05, 0.1) is 12.2 Å². The van der Waals surface area contributed by atoms with Crippen LogP contribution in [0.3, 0.4) is 0 Å². The monoisotopic (exact) mass is 449 g/mol. The summed E-state index contributed by atoms with van der Waals surface area (Å²) in [6.07, 6.45) is 7.47. The highest BCUT2D eigenvalue weighted by atomic mass is 19.3. The number of hydrogen-bond acceptors (Lipinski definition) is 3. The number of aliphatic hydroxyl groups excluding tert-OH is 2. The first-order valence-corrected chi connectivity index (χ1v) is 12.6. The Morgan fingerprint density at radius 1 is 1.22 bits per heavy atom. The average molecular weight is 450 g/mol. The molecule has 2 N–H and O–H groups in total. The molecule has 4 aliphatic rings. The second kappa shape index (κ2) is 9.31. The van der Waals surface area contributed by atoms with E-state index in [2.05, 4.69) is 37.5 Å². The lowest BCUT2D eigenvalue weighted by atomic mass is 9.61. The minimum absolute atomic E-state index is 0.176. The summed E-state index contributed by atoms with van der Waals surface area (Å²) in [5.74, 6) is 1.11. The number of allylic oxidation sites excluding steroid dienone is 3. The first kappa shape index (κ1) is 24.1. The molecule has 0 spiro atoms. The number of likely N-dealkylation sites (tertiary alicyclic amines) is 1. The molecule has 1 heterocycles. The molecule has 1 aliphatic heterocycles. The molecule has 32 heavy (non-hydrogen) atoms. The van der Waals surface area contributed by atoms with Crippen LogP contribution in [0.5, 0.6) is 0 Å². The maximum atomic E-state index is 12.8. The summed E-state index contributed by atoms with van der Waals surface area (Å²) in [5, 5.41) is 20.7. The van der Waals surface area contributed by atoms with Gasteiger partial charge in [0, 0.05) is 31.5 Å². The summed E-state index contributed by atoms with van der Waals surface area (Å²) in [7, 11) is 0. The largest absolute Gasteiger partial charge is 0.392 e. The Labute approximate surface area is 192 Å². The molecule has 0 unspecified atom stereocenters. The normalized spacial score (nSPS) is 42.5. The minimum atomic E-state index is -2.18. The van der Waals surface area contributed by atoms with E-state index in [4.69, 9.17) is 0 Å². The van der Waals surface area contributed by atoms with Gasteiger partial charge in [-0.25, -0.2) is 8.78 Å². The van der Waals surface area contributed by atoms with Crippen LogP contribution in [-0.4, -0.2) is 53.4 Å². The van der Waals surface area contributed by atoms with E-state index in [1.807, 2.05) is 6.92 Å². The highest BCUT2D eigenvalue weighted by Crippen LogP contribution is 2.59. The molecule has 180 valence electrons. The van der Waals surface area contributed by atoms with Crippen molar-refractivity contribution in [3.05, 3.63) is 35.5 Å². The third-order valence-corrected chi connectivity index (χ3v) is 9.41. The smallest absolute Gasteiger partial charge is 0.243 e. The fourth-order valence-electron chi connectivity index (χ4n) is 7.31. The van der Waals surface area contributed by atoms with Gasteiger partial charge in [0.1, 0.15) is 0 Å². The minimum Gasteiger partial charge on any atom is -0.392 e. The van der Waals surface area contributed by atoms with Gasteiger partial charge in [-0.1, -0.05) is 45.1 Å². The number of rotatable bonds is 5. The lowest BCUT2D eigenvalue weighted by Gasteiger charge is -2.47. The van der Waals surface area contributed by atoms with Crippen LogP contribution in [0, 0.1) is 35.0 Å². The van der Waals surface area contributed by atoms with Crippen molar-refractivity contribution in [2.24, 2.45) is 35.0 Å². The predicted molar refractivity (Wildman–Crippen MR) is 124 cm³/mol. The summed E-state index contributed by atoms with van der Waals surface area (Å²) in [4.78, 5) is 2.22. The molecular formula is C27H41F2NO2. The van der Waals surface area contributed by atoms with Crippen LogP contribution in [0.2, 0.25) is 0 Å². The van der Waals surface area contributed by atoms with Gasteiger partial charge in [0.25, 0.3) is 0 Å². The first-order valence-electron chi connectivity index (χ1n) is 12.6. The highest BCUT2D eigenvalue weighted by molar-refractivity contribution is 5.39. The lowest BCUT2D eigenvalue weighted by Crippen LogP contribution is -2.52. The standard InChI is InChI=1S/C27H41F2NO2/c1-16(13-30-14-21(15-30)26(28)29)22-9-10-23-19(6-5-11-27(22,23)4)7-8-20-12-24(31)18(3)25(32)17(20)2/h7-8,16,18,21-26,31-32H,2,5-6,9-15H2,1,3-4H3/b19-7+,20-8-/t16-,18+,22-,23+,24-,25-,27-/m1/s1. The molecule has 3 nitrogen and oxygen atoms in total. The van der Waals surface area contributed by atoms with Crippen molar-refractivity contribution in [3.8, 4) is 0 Å². The van der Waals surface area contributed by atoms with Crippen LogP contribution in [-0.2, 0) is 0 Å². The van der Waals surface area contributed by atoms with Gasteiger partial charge < -0.3 is 15.1 Å². The molecule has 1 saturated heterocycles. The number of halogens is 2. The third-order valence-electron chi connectivity index (χ3n) is 9.41. The van der Waals surface area contributed by atoms with E-state index in [0.717, 1.165) is 24.1 Å². The van der Waals surface area contributed by atoms with E-state index in [9.17, 15) is 19.0 Å². The van der Waals surface area contributed by atoms with E-state index in [-0.39, 0.29) is 11.3 Å². The summed E-state index contributed by atoms with van der Waals surface area (Å²) in [5.41, 5.74) is 3.48. The van der Waals surface area contributed by atoms with Crippen molar-refractivity contribution in [2.75, 3.05) is 19.6 Å². The van der Waals surface area contributed by atoms with Gasteiger partial charge in [0.2, 0.25) is 6.43 Å². The number of aliphatic hydroxyl groups is 2. The number of hydrogen-bond donors (Lipinski definition) is 2. The third kappa shape index (κ3) is 4.37. The van der Waals surface area contributed by atoms with Crippen molar-refractivity contribution in [1.29, 1.82) is 0 Å². The van der Waals surface area contributed by atoms with Gasteiger partial charge in [-0.05, 0) is 72.8 Å². The molecule has 0 aromatic rings. The maximum Gasteiger partial charge on any atom is 0.243 e. The first-order chi connectivity index (χ1) is 15.1. The molecule has 3 aliphatic carbocycles. The van der Waals surface area contributed by atoms with Crippen molar-refractivity contribution in [2.45, 2.75) is 77.9 Å². The van der Waals surface area contributed by atoms with Crippen LogP contribution >= 0.6 is 0 Å². The second-order valence-electron chi connectivity index (χ2n) is 11.4. The topological polar surface area (TPSA) is 43.7 Å². The van der Waals surface area contributed by atoms with Crippen molar-refractivity contribution >= 4 is 0 Å². The molecule has 3 saturated carbocycles. The number of fused-ring (bicyclic) bond motifs is 1. The van der Waals surface area contributed by atoms with Gasteiger partial charge in [0.15, 0.2) is 0 Å². The van der Waals surface area contributed by atoms with Crippen LogP contribution in [0.4, 0.5) is 8.78 Å². The number of nitrogens with zero attached hydrogens (tertiary/aromatic N) is 1. The van der Waals surface area contributed by atoms with Gasteiger partial charge in [-0.2, -0.15) is 0 Å². The zero-order valence-electron chi connectivity index (χ0n) is 19.9. The highest BCUT2D eigenvalue weighted by Gasteiger charge is 2.51. The Morgan fingerprint density at radius 3 is 2.62 bits per heavy atom. The molecule has 0 bridgehead atoms. The maximum absolute atomic E-state index is 12.8. The van der Waals surface area contributed by atoms with E-state index in [1.54, 1.807) is 0 Å². The summed E-state index contributed by atoms with van der Waals surface area (Å²) < 4.78 is 25.7. The van der Waals surface area contributed by atoms with Gasteiger partial charge in [-0.15, -0.1) is 0 Å². The van der Waals surface area contributed by atoms with Crippen molar-refractivity contribution < 1.29 is 19.0 Å². The molecule has 5 heteroatoms. The summed E-state index contributed by atoms with van der Waals surface area (Å²) in [6, 6.07) is 0. The SMILES string of the molecule is C=C1/C(=C\C=C2/CCC[C@]3(C)[C@@H]([C@H](C)CN4CC(C(F)F)C4)CC[C@@H]23)C[C@@H](O)[C@H](C)[C@@H]1O. The van der Waals surface area contributed by atoms with Crippen LogP contribution in [0.25, 0.3) is 0 Å². The summed E-state index contributed by atoms with van der Waals surface area (Å²) in [6.45, 7) is 12.8. The fourth-order valence-corrected chi connectivity index (χ4v) is 7.31. The van der Waals surface area contributed by atoms with E-state index in [1.165, 1.54) is 31.3 Å². The molecule has 4 fully saturated rings. The Balaban J connectivity index is 1.44. The molecule has 7 atom stereocenters. The quantitative estimate of drug-likeness (QED) is 0.606. The van der Waals surface area contributed by atoms with E-state index >= 15 is 0 Å². The van der Waals surface area contributed by atoms with Crippen molar-refractivity contribution in [1.82, 2.24) is 4.90 Å². The Morgan fingerprint density at radius 2 is 1.94 bits per heavy atom. The molecular weight excluding hydrogens is 408 g/mol. The molecule has 0 aromatic carbocycles. The fraction of sp³-hybridized carbons (Fsp3) is 0.778. The predicted octanol–water partition coefficient (Wildman–Crippen LogP) is 5.21. The van der Waals surface area contributed by atoms with Crippen LogP contribution in [0.1, 0.15) is 59.3 Å². The van der Waals surface area contributed by atoms with Gasteiger partial charge >= 0.3 is 0 Å². The zero-order valence-corrected chi connectivity index (χ0v) is 19.9. The van der Waals surface area contributed by atoms with E-state index in [0.29, 0.717) is 37.3 Å². The van der Waals surface area contributed by atoms with Crippen LogP contribution in [0.15, 0.2) is 35.5 Å². The van der Waals surface area contributed by atoms with Crippen molar-refractivity contribution in [3.63, 3.8) is 0 Å². The Kier molecular flexibility index (Phi) is 7.01. The Hall–Kier alpha value is -1.04. The zero-order chi connectivity index (χ0) is 23.2. The molecule has 4 rings (SSSR count). The van der Waals surface area contributed by atoms with Gasteiger partial charge in [-0.3, -0.25) is 0 Å². The average Bonchev–Trinajstić information content (AvgIpc) is 3.07. The summed E-state index contributed by atoms with van der Waals surface area (Å²) >= 11 is 0. The van der Waals surface area contributed by atoms with Crippen LogP contribution < -0.4 is 0 Å². The molecule has 0 radical (unpaired) electrons. The lowest BCUT2D eigenvalue weighted by molar-refractivity contribution is -0.0381. The van der Waals surface area contributed by atoms with E-state index < -0.39 is 24.6 Å². The molecule has 0 aromatic heterocycles. The number of alkyl halides is 2. The Bertz CT molecular complexity index is 772.